The summed E-state index contributed by atoms with van der Waals surface area (Å²) in [6.07, 6.45) is 4.58. The Kier molecular flexibility index (Phi) is 4.81. The largest absolute Gasteiger partial charge is 0.489 e. The maximum atomic E-state index is 6.09. The molecule has 0 bridgehead atoms. The number of nitrogens with one attached hydrogen (secondary N) is 1. The lowest BCUT2D eigenvalue weighted by Gasteiger charge is -2.15. The van der Waals surface area contributed by atoms with E-state index in [-0.39, 0.29) is 6.10 Å². The summed E-state index contributed by atoms with van der Waals surface area (Å²) in [6, 6.07) is 5.78. The van der Waals surface area contributed by atoms with E-state index < -0.39 is 0 Å². The number of anilines is 2. The zero-order valence-corrected chi connectivity index (χ0v) is 11.9. The summed E-state index contributed by atoms with van der Waals surface area (Å²) in [5, 5.41) is 11.0. The average Bonchev–Trinajstić information content (AvgIpc) is 2.91. The predicted molar refractivity (Wildman–Crippen MR) is 79.7 cm³/mol. The minimum atomic E-state index is 0.111. The van der Waals surface area contributed by atoms with E-state index in [2.05, 4.69) is 15.6 Å². The van der Waals surface area contributed by atoms with Gasteiger partial charge in [-0.2, -0.15) is 0 Å². The lowest BCUT2D eigenvalue weighted by molar-refractivity contribution is 0.244. The van der Waals surface area contributed by atoms with Crippen molar-refractivity contribution in [1.82, 2.24) is 15.0 Å². The minimum absolute atomic E-state index is 0.111. The molecule has 0 spiro atoms. The lowest BCUT2D eigenvalue weighted by Crippen LogP contribution is -2.11. The van der Waals surface area contributed by atoms with Crippen LogP contribution in [0, 0.1) is 0 Å². The molecule has 108 valence electrons. The SMILES string of the molecule is CC(C)Oc1cccc(NCCCn2ccnn2)c1N. The number of nitrogens with two attached hydrogens (primary N) is 1. The molecule has 1 aromatic carbocycles. The molecule has 0 saturated heterocycles. The second-order valence-corrected chi connectivity index (χ2v) is 4.83. The highest BCUT2D eigenvalue weighted by Crippen LogP contribution is 2.29. The number of aryl methyl sites for hydroxylation is 1. The van der Waals surface area contributed by atoms with Crippen LogP contribution in [0.5, 0.6) is 5.75 Å². The molecule has 0 amide bonds. The molecule has 2 aromatic rings. The van der Waals surface area contributed by atoms with Crippen molar-refractivity contribution in [1.29, 1.82) is 0 Å². The smallest absolute Gasteiger partial charge is 0.144 e. The predicted octanol–water partition coefficient (Wildman–Crippen LogP) is 2.15. The highest BCUT2D eigenvalue weighted by Gasteiger charge is 2.07. The average molecular weight is 275 g/mol. The first-order chi connectivity index (χ1) is 9.66. The summed E-state index contributed by atoms with van der Waals surface area (Å²) >= 11 is 0. The van der Waals surface area contributed by atoms with E-state index in [0.717, 1.165) is 30.9 Å². The van der Waals surface area contributed by atoms with Crippen molar-refractivity contribution < 1.29 is 4.74 Å². The zero-order chi connectivity index (χ0) is 14.4. The Balaban J connectivity index is 1.86. The van der Waals surface area contributed by atoms with Gasteiger partial charge in [-0.25, -0.2) is 0 Å². The molecule has 0 atom stereocenters. The third kappa shape index (κ3) is 3.88. The fraction of sp³-hybridized carbons (Fsp3) is 0.429. The second-order valence-electron chi connectivity index (χ2n) is 4.83. The van der Waals surface area contributed by atoms with Crippen molar-refractivity contribution in [3.63, 3.8) is 0 Å². The van der Waals surface area contributed by atoms with Crippen molar-refractivity contribution in [3.8, 4) is 5.75 Å². The van der Waals surface area contributed by atoms with Gasteiger partial charge in [0.25, 0.3) is 0 Å². The molecule has 2 rings (SSSR count). The minimum Gasteiger partial charge on any atom is -0.489 e. The normalized spacial score (nSPS) is 10.8. The van der Waals surface area contributed by atoms with Gasteiger partial charge < -0.3 is 15.8 Å². The van der Waals surface area contributed by atoms with Crippen LogP contribution in [-0.2, 0) is 6.54 Å². The molecule has 0 fully saturated rings. The number of hydrogen-bond donors (Lipinski definition) is 2. The summed E-state index contributed by atoms with van der Waals surface area (Å²) in [4.78, 5) is 0. The third-order valence-electron chi connectivity index (χ3n) is 2.78. The van der Waals surface area contributed by atoms with Gasteiger partial charge in [0.05, 0.1) is 23.7 Å². The van der Waals surface area contributed by atoms with E-state index in [0.29, 0.717) is 5.69 Å². The van der Waals surface area contributed by atoms with Gasteiger partial charge in [0.15, 0.2) is 0 Å². The van der Waals surface area contributed by atoms with Crippen LogP contribution in [0.1, 0.15) is 20.3 Å². The van der Waals surface area contributed by atoms with E-state index in [4.69, 9.17) is 10.5 Å². The van der Waals surface area contributed by atoms with Gasteiger partial charge >= 0.3 is 0 Å². The Hall–Kier alpha value is -2.24. The van der Waals surface area contributed by atoms with E-state index in [9.17, 15) is 0 Å². The van der Waals surface area contributed by atoms with Gasteiger partial charge in [0.2, 0.25) is 0 Å². The number of benzene rings is 1. The maximum absolute atomic E-state index is 6.09. The van der Waals surface area contributed by atoms with Crippen molar-refractivity contribution >= 4 is 11.4 Å². The number of para-hydroxylation sites is 1. The molecule has 3 N–H and O–H groups in total. The van der Waals surface area contributed by atoms with Crippen molar-refractivity contribution in [2.24, 2.45) is 0 Å². The molecule has 0 aliphatic carbocycles. The van der Waals surface area contributed by atoms with Crippen molar-refractivity contribution in [3.05, 3.63) is 30.6 Å². The summed E-state index contributed by atoms with van der Waals surface area (Å²) in [5.74, 6) is 0.723. The Labute approximate surface area is 118 Å². The number of nitrogen functional groups attached to an aromatic ring is 1. The van der Waals surface area contributed by atoms with Crippen molar-refractivity contribution in [2.45, 2.75) is 32.9 Å². The highest BCUT2D eigenvalue weighted by atomic mass is 16.5. The number of aromatic nitrogens is 3. The van der Waals surface area contributed by atoms with Gasteiger partial charge in [-0.05, 0) is 32.4 Å². The van der Waals surface area contributed by atoms with Crippen LogP contribution in [0.2, 0.25) is 0 Å². The molecule has 20 heavy (non-hydrogen) atoms. The van der Waals surface area contributed by atoms with Crippen LogP contribution in [0.25, 0.3) is 0 Å². The molecule has 0 radical (unpaired) electrons. The number of nitrogens with zero attached hydrogens (tertiary/aromatic N) is 3. The fourth-order valence-electron chi connectivity index (χ4n) is 1.87. The first kappa shape index (κ1) is 14.2. The molecule has 0 unspecified atom stereocenters. The van der Waals surface area contributed by atoms with Crippen LogP contribution >= 0.6 is 0 Å². The zero-order valence-electron chi connectivity index (χ0n) is 11.9. The molecule has 0 aliphatic heterocycles. The van der Waals surface area contributed by atoms with Crippen LogP contribution in [-0.4, -0.2) is 27.6 Å². The van der Waals surface area contributed by atoms with Crippen LogP contribution in [0.15, 0.2) is 30.6 Å². The quantitative estimate of drug-likeness (QED) is 0.598. The Bertz CT molecular complexity index is 524. The van der Waals surface area contributed by atoms with E-state index in [1.807, 2.05) is 42.9 Å². The standard InChI is InChI=1S/C14H21N5O/c1-11(2)20-13-6-3-5-12(14(13)15)16-7-4-9-19-10-8-17-18-19/h3,5-6,8,10-11,16H,4,7,9,15H2,1-2H3. The van der Waals surface area contributed by atoms with Crippen LogP contribution < -0.4 is 15.8 Å². The first-order valence-electron chi connectivity index (χ1n) is 6.80. The molecule has 0 aliphatic rings. The first-order valence-corrected chi connectivity index (χ1v) is 6.80. The van der Waals surface area contributed by atoms with Gasteiger partial charge in [-0.3, -0.25) is 4.68 Å². The highest BCUT2D eigenvalue weighted by molar-refractivity contribution is 5.72. The van der Waals surface area contributed by atoms with Crippen molar-refractivity contribution in [2.75, 3.05) is 17.6 Å². The third-order valence-corrected chi connectivity index (χ3v) is 2.78. The topological polar surface area (TPSA) is 78.0 Å². The molecule has 1 aromatic heterocycles. The Morgan fingerprint density at radius 2 is 2.25 bits per heavy atom. The summed E-state index contributed by atoms with van der Waals surface area (Å²) in [6.45, 7) is 5.61. The molecule has 0 saturated carbocycles. The van der Waals surface area contributed by atoms with Gasteiger partial charge in [0.1, 0.15) is 5.75 Å². The lowest BCUT2D eigenvalue weighted by atomic mass is 10.2. The summed E-state index contributed by atoms with van der Waals surface area (Å²) in [7, 11) is 0. The summed E-state index contributed by atoms with van der Waals surface area (Å²) in [5.41, 5.74) is 7.65. The maximum Gasteiger partial charge on any atom is 0.144 e. The van der Waals surface area contributed by atoms with Gasteiger partial charge in [0, 0.05) is 19.3 Å². The summed E-state index contributed by atoms with van der Waals surface area (Å²) < 4.78 is 7.47. The number of hydrogen-bond acceptors (Lipinski definition) is 5. The number of ether oxygens (including phenoxy) is 1. The van der Waals surface area contributed by atoms with Crippen LogP contribution in [0.4, 0.5) is 11.4 Å². The Morgan fingerprint density at radius 1 is 1.40 bits per heavy atom. The van der Waals surface area contributed by atoms with Gasteiger partial charge in [-0.1, -0.05) is 11.3 Å². The number of rotatable bonds is 7. The van der Waals surface area contributed by atoms with Crippen LogP contribution in [0.3, 0.4) is 0 Å². The van der Waals surface area contributed by atoms with Gasteiger partial charge in [-0.15, -0.1) is 5.10 Å². The van der Waals surface area contributed by atoms with E-state index in [1.165, 1.54) is 0 Å². The molecule has 6 heteroatoms. The fourth-order valence-corrected chi connectivity index (χ4v) is 1.87. The monoisotopic (exact) mass is 275 g/mol. The second kappa shape index (κ2) is 6.79. The molecular weight excluding hydrogens is 254 g/mol. The van der Waals surface area contributed by atoms with E-state index in [1.54, 1.807) is 6.20 Å². The molecular formula is C14H21N5O. The molecule has 1 heterocycles. The van der Waals surface area contributed by atoms with E-state index >= 15 is 0 Å². The molecule has 6 nitrogen and oxygen atoms in total. The Morgan fingerprint density at radius 3 is 2.95 bits per heavy atom.